The molecule has 3 rings (SSSR count). The number of pyridine rings is 1. The zero-order chi connectivity index (χ0) is 15.4. The van der Waals surface area contributed by atoms with Gasteiger partial charge in [-0.2, -0.15) is 5.10 Å². The number of carbonyl (C=O) groups is 1. The van der Waals surface area contributed by atoms with Gasteiger partial charge >= 0.3 is 0 Å². The summed E-state index contributed by atoms with van der Waals surface area (Å²) >= 11 is 5.84. The Morgan fingerprint density at radius 1 is 1.23 bits per heavy atom. The molecule has 0 unspecified atom stereocenters. The van der Waals surface area contributed by atoms with E-state index in [2.05, 4.69) is 20.1 Å². The zero-order valence-electron chi connectivity index (χ0n) is 12.2. The van der Waals surface area contributed by atoms with Crippen LogP contribution in [0, 0.1) is 0 Å². The fourth-order valence-corrected chi connectivity index (χ4v) is 2.65. The quantitative estimate of drug-likeness (QED) is 0.924. The molecule has 0 aliphatic carbocycles. The van der Waals surface area contributed by atoms with Crippen LogP contribution in [0.4, 0.5) is 0 Å². The average molecular weight is 320 g/mol. The number of amides is 1. The van der Waals surface area contributed by atoms with Crippen molar-refractivity contribution in [3.05, 3.63) is 47.0 Å². The molecular formula is C15H18ClN5O. The number of halogens is 1. The van der Waals surface area contributed by atoms with Gasteiger partial charge in [-0.25, -0.2) is 0 Å². The molecule has 0 saturated carbocycles. The molecule has 0 bridgehead atoms. The van der Waals surface area contributed by atoms with E-state index in [1.165, 1.54) is 0 Å². The summed E-state index contributed by atoms with van der Waals surface area (Å²) in [5.74, 6) is 0.147. The monoisotopic (exact) mass is 319 g/mol. The van der Waals surface area contributed by atoms with Gasteiger partial charge in [0.25, 0.3) is 0 Å². The van der Waals surface area contributed by atoms with E-state index in [-0.39, 0.29) is 5.91 Å². The molecule has 1 amide bonds. The third kappa shape index (κ3) is 3.84. The molecule has 0 atom stereocenters. The highest BCUT2D eigenvalue weighted by Crippen LogP contribution is 2.11. The molecule has 1 N–H and O–H groups in total. The van der Waals surface area contributed by atoms with Gasteiger partial charge in [-0.1, -0.05) is 11.6 Å². The minimum atomic E-state index is 0.147. The predicted molar refractivity (Wildman–Crippen MR) is 83.4 cm³/mol. The summed E-state index contributed by atoms with van der Waals surface area (Å²) in [6.07, 6.45) is 3.72. The molecule has 1 aliphatic heterocycles. The van der Waals surface area contributed by atoms with Crippen LogP contribution in [-0.4, -0.2) is 57.1 Å². The largest absolute Gasteiger partial charge is 0.340 e. The summed E-state index contributed by atoms with van der Waals surface area (Å²) in [4.78, 5) is 20.7. The molecular weight excluding hydrogens is 302 g/mol. The summed E-state index contributed by atoms with van der Waals surface area (Å²) in [5.41, 5.74) is 1.86. The number of hydrogen-bond donors (Lipinski definition) is 1. The van der Waals surface area contributed by atoms with Crippen molar-refractivity contribution in [3.63, 3.8) is 0 Å². The fourth-order valence-electron chi connectivity index (χ4n) is 2.54. The summed E-state index contributed by atoms with van der Waals surface area (Å²) < 4.78 is 0. The average Bonchev–Trinajstić information content (AvgIpc) is 3.03. The molecule has 1 saturated heterocycles. The van der Waals surface area contributed by atoms with Crippen molar-refractivity contribution in [2.24, 2.45) is 0 Å². The van der Waals surface area contributed by atoms with Gasteiger partial charge in [-0.3, -0.25) is 19.8 Å². The SMILES string of the molecule is O=C(Cc1ccn[nH]1)N1CCN(Cc2ccc(Cl)cn2)CC1. The lowest BCUT2D eigenvalue weighted by Gasteiger charge is -2.34. The number of carbonyl (C=O) groups excluding carboxylic acids is 1. The van der Waals surface area contributed by atoms with Gasteiger partial charge in [-0.05, 0) is 18.2 Å². The number of rotatable bonds is 4. The van der Waals surface area contributed by atoms with Crippen LogP contribution in [-0.2, 0) is 17.8 Å². The Labute approximate surface area is 134 Å². The molecule has 22 heavy (non-hydrogen) atoms. The van der Waals surface area contributed by atoms with Crippen molar-refractivity contribution in [2.45, 2.75) is 13.0 Å². The maximum absolute atomic E-state index is 12.2. The van der Waals surface area contributed by atoms with Crippen LogP contribution in [0.2, 0.25) is 5.02 Å². The Balaban J connectivity index is 1.47. The normalized spacial score (nSPS) is 16.0. The highest BCUT2D eigenvalue weighted by molar-refractivity contribution is 6.30. The Kier molecular flexibility index (Phi) is 4.70. The molecule has 6 nitrogen and oxygen atoms in total. The van der Waals surface area contributed by atoms with Crippen LogP contribution < -0.4 is 0 Å². The van der Waals surface area contributed by atoms with Crippen molar-refractivity contribution in [1.82, 2.24) is 25.0 Å². The van der Waals surface area contributed by atoms with Crippen molar-refractivity contribution in [2.75, 3.05) is 26.2 Å². The first-order valence-corrected chi connectivity index (χ1v) is 7.67. The summed E-state index contributed by atoms with van der Waals surface area (Å²) in [7, 11) is 0. The van der Waals surface area contributed by atoms with Gasteiger partial charge < -0.3 is 4.90 Å². The van der Waals surface area contributed by atoms with Crippen molar-refractivity contribution < 1.29 is 4.79 Å². The van der Waals surface area contributed by atoms with Gasteiger partial charge in [-0.15, -0.1) is 0 Å². The third-order valence-corrected chi connectivity index (χ3v) is 4.02. The van der Waals surface area contributed by atoms with E-state index in [9.17, 15) is 4.79 Å². The Hall–Kier alpha value is -1.92. The third-order valence-electron chi connectivity index (χ3n) is 3.80. The highest BCUT2D eigenvalue weighted by atomic mass is 35.5. The number of aromatic nitrogens is 3. The van der Waals surface area contributed by atoms with Crippen LogP contribution in [0.15, 0.2) is 30.6 Å². The first kappa shape index (κ1) is 15.0. The van der Waals surface area contributed by atoms with Crippen molar-refractivity contribution >= 4 is 17.5 Å². The molecule has 7 heteroatoms. The maximum atomic E-state index is 12.2. The minimum absolute atomic E-state index is 0.147. The second kappa shape index (κ2) is 6.89. The van der Waals surface area contributed by atoms with E-state index < -0.39 is 0 Å². The molecule has 3 heterocycles. The van der Waals surface area contributed by atoms with Crippen LogP contribution in [0.3, 0.4) is 0 Å². The van der Waals surface area contributed by atoms with E-state index in [0.29, 0.717) is 11.4 Å². The first-order valence-electron chi connectivity index (χ1n) is 7.29. The molecule has 1 aliphatic rings. The summed E-state index contributed by atoms with van der Waals surface area (Å²) in [5, 5.41) is 7.34. The number of H-pyrrole nitrogens is 1. The van der Waals surface area contributed by atoms with Crippen molar-refractivity contribution in [3.8, 4) is 0 Å². The second-order valence-corrected chi connectivity index (χ2v) is 5.82. The Bertz CT molecular complexity index is 605. The molecule has 1 fully saturated rings. The van der Waals surface area contributed by atoms with E-state index in [0.717, 1.165) is 44.1 Å². The molecule has 2 aromatic rings. The highest BCUT2D eigenvalue weighted by Gasteiger charge is 2.21. The number of aromatic amines is 1. The number of piperazine rings is 1. The van der Waals surface area contributed by atoms with Crippen LogP contribution in [0.25, 0.3) is 0 Å². The number of nitrogens with zero attached hydrogens (tertiary/aromatic N) is 4. The van der Waals surface area contributed by atoms with Gasteiger partial charge in [0, 0.05) is 50.8 Å². The topological polar surface area (TPSA) is 65.1 Å². The lowest BCUT2D eigenvalue weighted by molar-refractivity contribution is -0.132. The predicted octanol–water partition coefficient (Wildman–Crippen LogP) is 1.34. The smallest absolute Gasteiger partial charge is 0.228 e. The minimum Gasteiger partial charge on any atom is -0.340 e. The molecule has 2 aromatic heterocycles. The van der Waals surface area contributed by atoms with Crippen molar-refractivity contribution in [1.29, 1.82) is 0 Å². The lowest BCUT2D eigenvalue weighted by Crippen LogP contribution is -2.48. The molecule has 116 valence electrons. The van der Waals surface area contributed by atoms with Gasteiger partial charge in [0.2, 0.25) is 5.91 Å². The summed E-state index contributed by atoms with van der Waals surface area (Å²) in [6.45, 7) is 4.01. The Morgan fingerprint density at radius 3 is 2.68 bits per heavy atom. The van der Waals surface area contributed by atoms with E-state index in [1.807, 2.05) is 23.1 Å². The van der Waals surface area contributed by atoms with Crippen LogP contribution in [0.1, 0.15) is 11.4 Å². The maximum Gasteiger partial charge on any atom is 0.228 e. The van der Waals surface area contributed by atoms with Gasteiger partial charge in [0.1, 0.15) is 0 Å². The lowest BCUT2D eigenvalue weighted by atomic mass is 10.2. The second-order valence-electron chi connectivity index (χ2n) is 5.38. The molecule has 0 aromatic carbocycles. The van der Waals surface area contributed by atoms with Crippen LogP contribution >= 0.6 is 11.6 Å². The molecule has 0 radical (unpaired) electrons. The summed E-state index contributed by atoms with van der Waals surface area (Å²) in [6, 6.07) is 5.63. The van der Waals surface area contributed by atoms with Crippen LogP contribution in [0.5, 0.6) is 0 Å². The van der Waals surface area contributed by atoms with E-state index in [1.54, 1.807) is 12.4 Å². The molecule has 0 spiro atoms. The standard InChI is InChI=1S/C15H18ClN5O/c16-12-1-2-14(17-10-12)11-20-5-7-21(8-6-20)15(22)9-13-3-4-18-19-13/h1-4,10H,5-9,11H2,(H,18,19). The van der Waals surface area contributed by atoms with E-state index in [4.69, 9.17) is 11.6 Å². The number of hydrogen-bond acceptors (Lipinski definition) is 4. The van der Waals surface area contributed by atoms with Gasteiger partial charge in [0.15, 0.2) is 0 Å². The number of nitrogens with one attached hydrogen (secondary N) is 1. The van der Waals surface area contributed by atoms with Gasteiger partial charge in [0.05, 0.1) is 17.1 Å². The fraction of sp³-hybridized carbons (Fsp3) is 0.400. The zero-order valence-corrected chi connectivity index (χ0v) is 13.0. The first-order chi connectivity index (χ1) is 10.7. The Morgan fingerprint density at radius 2 is 2.05 bits per heavy atom. The van der Waals surface area contributed by atoms with E-state index >= 15 is 0 Å².